The van der Waals surface area contributed by atoms with E-state index < -0.39 is 0 Å². The summed E-state index contributed by atoms with van der Waals surface area (Å²) in [4.78, 5) is 4.43. The Morgan fingerprint density at radius 3 is 2.50 bits per heavy atom. The zero-order valence-electron chi connectivity index (χ0n) is 12.9. The molecule has 0 saturated carbocycles. The third kappa shape index (κ3) is 4.63. The van der Waals surface area contributed by atoms with Gasteiger partial charge in [-0.2, -0.15) is 0 Å². The Labute approximate surface area is 127 Å². The summed E-state index contributed by atoms with van der Waals surface area (Å²) in [7, 11) is 7.90. The summed E-state index contributed by atoms with van der Waals surface area (Å²) in [5.41, 5.74) is 6.94. The molecular formula is C15H26ClN3O. The molecule has 114 valence electrons. The van der Waals surface area contributed by atoms with Crippen LogP contribution in [0.25, 0.3) is 0 Å². The first-order chi connectivity index (χ1) is 9.51. The van der Waals surface area contributed by atoms with Gasteiger partial charge in [-0.25, -0.2) is 0 Å². The maximum absolute atomic E-state index is 6.34. The van der Waals surface area contributed by atoms with Gasteiger partial charge in [-0.15, -0.1) is 0 Å². The summed E-state index contributed by atoms with van der Waals surface area (Å²) in [6, 6.07) is 5.78. The number of rotatable bonds is 8. The van der Waals surface area contributed by atoms with Gasteiger partial charge >= 0.3 is 0 Å². The number of halogens is 1. The Hall–Kier alpha value is -0.810. The highest BCUT2D eigenvalue weighted by molar-refractivity contribution is 6.31. The number of hydrogen-bond acceptors (Lipinski definition) is 4. The highest BCUT2D eigenvalue weighted by atomic mass is 35.5. The predicted molar refractivity (Wildman–Crippen MR) is 85.6 cm³/mol. The van der Waals surface area contributed by atoms with Crippen LogP contribution in [-0.2, 0) is 0 Å². The maximum atomic E-state index is 6.34. The van der Waals surface area contributed by atoms with Crippen LogP contribution in [0.1, 0.15) is 18.0 Å². The van der Waals surface area contributed by atoms with Crippen LogP contribution in [0.15, 0.2) is 18.2 Å². The lowest BCUT2D eigenvalue weighted by Gasteiger charge is -2.29. The number of nitrogens with zero attached hydrogens (tertiary/aromatic N) is 2. The maximum Gasteiger partial charge on any atom is 0.125 e. The van der Waals surface area contributed by atoms with Crippen LogP contribution in [0, 0.1) is 0 Å². The van der Waals surface area contributed by atoms with Gasteiger partial charge in [-0.1, -0.05) is 17.7 Å². The summed E-state index contributed by atoms with van der Waals surface area (Å²) < 4.78 is 5.43. The second-order valence-electron chi connectivity index (χ2n) is 5.24. The Kier molecular flexibility index (Phi) is 7.30. The van der Waals surface area contributed by atoms with E-state index in [2.05, 4.69) is 30.9 Å². The monoisotopic (exact) mass is 299 g/mol. The molecule has 0 aliphatic heterocycles. The molecule has 1 atom stereocenters. The minimum atomic E-state index is 0.0702. The van der Waals surface area contributed by atoms with Crippen molar-refractivity contribution in [3.05, 3.63) is 28.8 Å². The van der Waals surface area contributed by atoms with E-state index in [9.17, 15) is 0 Å². The molecule has 1 aromatic carbocycles. The van der Waals surface area contributed by atoms with E-state index in [1.54, 1.807) is 7.11 Å². The fourth-order valence-corrected chi connectivity index (χ4v) is 2.62. The average molecular weight is 300 g/mol. The predicted octanol–water partition coefficient (Wildman–Crippen LogP) is 2.23. The molecule has 0 aliphatic rings. The normalized spacial score (nSPS) is 13.0. The first-order valence-corrected chi connectivity index (χ1v) is 7.26. The standard InChI is InChI=1S/C15H26ClN3O/c1-18(2)9-6-10-19(3)13(11-17)15-12(16)7-5-8-14(15)20-4/h5,7-8,13H,6,9-11,17H2,1-4H3. The van der Waals surface area contributed by atoms with Crippen molar-refractivity contribution in [1.82, 2.24) is 9.80 Å². The lowest BCUT2D eigenvalue weighted by molar-refractivity contribution is 0.230. The van der Waals surface area contributed by atoms with E-state index in [4.69, 9.17) is 22.1 Å². The van der Waals surface area contributed by atoms with Crippen LogP contribution in [-0.4, -0.2) is 57.7 Å². The molecule has 0 bridgehead atoms. The summed E-state index contributed by atoms with van der Waals surface area (Å²) in [6.07, 6.45) is 1.09. The number of ether oxygens (including phenoxy) is 1. The van der Waals surface area contributed by atoms with Crippen molar-refractivity contribution in [2.45, 2.75) is 12.5 Å². The average Bonchev–Trinajstić information content (AvgIpc) is 2.40. The molecule has 0 saturated heterocycles. The van der Waals surface area contributed by atoms with Crippen LogP contribution in [0.4, 0.5) is 0 Å². The largest absolute Gasteiger partial charge is 0.496 e. The highest BCUT2D eigenvalue weighted by Gasteiger charge is 2.21. The topological polar surface area (TPSA) is 41.7 Å². The van der Waals surface area contributed by atoms with Crippen LogP contribution >= 0.6 is 11.6 Å². The van der Waals surface area contributed by atoms with E-state index >= 15 is 0 Å². The number of nitrogens with two attached hydrogens (primary N) is 1. The zero-order chi connectivity index (χ0) is 15.1. The Balaban J connectivity index is 2.84. The smallest absolute Gasteiger partial charge is 0.125 e. The minimum Gasteiger partial charge on any atom is -0.496 e. The van der Waals surface area contributed by atoms with Gasteiger partial charge in [-0.3, -0.25) is 4.90 Å². The summed E-state index contributed by atoms with van der Waals surface area (Å²) in [5.74, 6) is 0.799. The van der Waals surface area contributed by atoms with E-state index in [0.29, 0.717) is 11.6 Å². The molecule has 0 aromatic heterocycles. The van der Waals surface area contributed by atoms with Crippen molar-refractivity contribution < 1.29 is 4.74 Å². The van der Waals surface area contributed by atoms with Gasteiger partial charge in [0, 0.05) is 17.1 Å². The molecule has 0 fully saturated rings. The molecule has 5 heteroatoms. The fourth-order valence-electron chi connectivity index (χ4n) is 2.33. The van der Waals surface area contributed by atoms with Gasteiger partial charge in [-0.05, 0) is 52.8 Å². The molecule has 1 unspecified atom stereocenters. The van der Waals surface area contributed by atoms with Gasteiger partial charge < -0.3 is 15.4 Å². The van der Waals surface area contributed by atoms with Crippen LogP contribution < -0.4 is 10.5 Å². The van der Waals surface area contributed by atoms with Crippen molar-refractivity contribution in [1.29, 1.82) is 0 Å². The van der Waals surface area contributed by atoms with Gasteiger partial charge in [0.05, 0.1) is 13.2 Å². The Bertz CT molecular complexity index is 412. The van der Waals surface area contributed by atoms with Gasteiger partial charge in [0.15, 0.2) is 0 Å². The Morgan fingerprint density at radius 2 is 1.95 bits per heavy atom. The highest BCUT2D eigenvalue weighted by Crippen LogP contribution is 2.34. The first-order valence-electron chi connectivity index (χ1n) is 6.88. The number of methoxy groups -OCH3 is 1. The number of hydrogen-bond donors (Lipinski definition) is 1. The molecule has 0 heterocycles. The third-order valence-electron chi connectivity index (χ3n) is 3.44. The van der Waals surface area contributed by atoms with Gasteiger partial charge in [0.1, 0.15) is 5.75 Å². The quantitative estimate of drug-likeness (QED) is 0.799. The minimum absolute atomic E-state index is 0.0702. The van der Waals surface area contributed by atoms with Crippen LogP contribution in [0.2, 0.25) is 5.02 Å². The summed E-state index contributed by atoms with van der Waals surface area (Å²) in [6.45, 7) is 2.54. The molecule has 1 rings (SSSR count). The van der Waals surface area contributed by atoms with E-state index in [1.165, 1.54) is 0 Å². The molecule has 1 aromatic rings. The fraction of sp³-hybridized carbons (Fsp3) is 0.600. The van der Waals surface area contributed by atoms with Crippen molar-refractivity contribution in [3.63, 3.8) is 0 Å². The van der Waals surface area contributed by atoms with E-state index in [0.717, 1.165) is 30.8 Å². The van der Waals surface area contributed by atoms with E-state index in [1.807, 2.05) is 18.2 Å². The van der Waals surface area contributed by atoms with Crippen molar-refractivity contribution in [2.24, 2.45) is 5.73 Å². The molecule has 0 spiro atoms. The third-order valence-corrected chi connectivity index (χ3v) is 3.77. The van der Waals surface area contributed by atoms with Crippen molar-refractivity contribution >= 4 is 11.6 Å². The molecular weight excluding hydrogens is 274 g/mol. The first kappa shape index (κ1) is 17.2. The molecule has 0 aliphatic carbocycles. The van der Waals surface area contributed by atoms with Crippen LogP contribution in [0.3, 0.4) is 0 Å². The molecule has 0 amide bonds. The van der Waals surface area contributed by atoms with E-state index in [-0.39, 0.29) is 6.04 Å². The molecule has 4 nitrogen and oxygen atoms in total. The molecule has 0 radical (unpaired) electrons. The molecule has 20 heavy (non-hydrogen) atoms. The van der Waals surface area contributed by atoms with Crippen LogP contribution in [0.5, 0.6) is 5.75 Å². The van der Waals surface area contributed by atoms with Crippen molar-refractivity contribution in [3.8, 4) is 5.75 Å². The lowest BCUT2D eigenvalue weighted by atomic mass is 10.0. The van der Waals surface area contributed by atoms with Crippen molar-refractivity contribution in [2.75, 3.05) is 47.9 Å². The number of likely N-dealkylation sites (N-methyl/N-ethyl adjacent to an activating group) is 1. The zero-order valence-corrected chi connectivity index (χ0v) is 13.7. The summed E-state index contributed by atoms with van der Waals surface area (Å²) >= 11 is 6.34. The lowest BCUT2D eigenvalue weighted by Crippen LogP contribution is -2.33. The second kappa shape index (κ2) is 8.47. The second-order valence-corrected chi connectivity index (χ2v) is 5.65. The van der Waals surface area contributed by atoms with Gasteiger partial charge in [0.2, 0.25) is 0 Å². The van der Waals surface area contributed by atoms with Gasteiger partial charge in [0.25, 0.3) is 0 Å². The SMILES string of the molecule is COc1cccc(Cl)c1C(CN)N(C)CCCN(C)C. The summed E-state index contributed by atoms with van der Waals surface area (Å²) in [5, 5.41) is 0.708. The number of benzene rings is 1. The molecule has 2 N–H and O–H groups in total. The Morgan fingerprint density at radius 1 is 1.25 bits per heavy atom.